The Labute approximate surface area is 200 Å². The molecule has 0 radical (unpaired) electrons. The van der Waals surface area contributed by atoms with Crippen molar-refractivity contribution in [2.24, 2.45) is 5.92 Å². The van der Waals surface area contributed by atoms with Crippen LogP contribution < -0.4 is 21.3 Å². The molecule has 3 saturated heterocycles. The Balaban J connectivity index is 1.96. The van der Waals surface area contributed by atoms with Gasteiger partial charge in [-0.1, -0.05) is 13.8 Å². The number of amides is 5. The Kier molecular flexibility index (Phi) is 7.84. The zero-order valence-corrected chi connectivity index (χ0v) is 20.8. The summed E-state index contributed by atoms with van der Waals surface area (Å²) in [4.78, 5) is 67.4. The van der Waals surface area contributed by atoms with Crippen molar-refractivity contribution in [2.45, 2.75) is 83.6 Å². The minimum atomic E-state index is -0.708. The molecule has 0 aromatic heterocycles. The number of rotatable bonds is 3. The third-order valence-electron chi connectivity index (χ3n) is 6.33. The predicted octanol–water partition coefficient (Wildman–Crippen LogP) is -1.28. The number of fused-ring (bicyclic) bond motifs is 2. The molecule has 5 amide bonds. The molecular weight excluding hydrogens is 440 g/mol. The molecule has 3 heterocycles. The lowest BCUT2D eigenvalue weighted by atomic mass is 9.99. The number of carbonyl (C=O) groups is 5. The Morgan fingerprint density at radius 3 is 2.26 bits per heavy atom. The Hall–Kier alpha value is -2.69. The van der Waals surface area contributed by atoms with Crippen molar-refractivity contribution < 1.29 is 24.0 Å². The fourth-order valence-electron chi connectivity index (χ4n) is 4.95. The van der Waals surface area contributed by atoms with E-state index in [0.29, 0.717) is 25.3 Å². The van der Waals surface area contributed by atoms with Crippen LogP contribution in [-0.2, 0) is 24.0 Å². The van der Waals surface area contributed by atoms with E-state index in [9.17, 15) is 24.0 Å². The highest BCUT2D eigenvalue weighted by Gasteiger charge is 2.59. The molecule has 0 bridgehead atoms. The first-order chi connectivity index (χ1) is 15.9. The van der Waals surface area contributed by atoms with E-state index in [2.05, 4.69) is 35.1 Å². The summed E-state index contributed by atoms with van der Waals surface area (Å²) in [6.07, 6.45) is 2.00. The quantitative estimate of drug-likeness (QED) is 0.373. The standard InChI is InChI=1S/C23H38N6O5/c1-13(2)9-15-19-20(22(34)27-23(3,4)5)28-8-6-7-14(28)21(33)26-11-17(31)24-10-16(30)25-12-18(32)29(15)19/h13-15,19-20H,6-12H2,1-5H3,(H,24,31)(H,25,30)(H,26,33)(H,27,34). The molecule has 0 aromatic rings. The van der Waals surface area contributed by atoms with Crippen molar-refractivity contribution in [1.82, 2.24) is 31.1 Å². The van der Waals surface area contributed by atoms with Gasteiger partial charge in [-0.15, -0.1) is 0 Å². The molecule has 11 nitrogen and oxygen atoms in total. The number of hydrogen-bond acceptors (Lipinski definition) is 6. The van der Waals surface area contributed by atoms with Crippen molar-refractivity contribution in [3.05, 3.63) is 0 Å². The SMILES string of the molecule is CC(C)CC1C2C(C(=O)NC(C)(C)C)N3CCCC3C(=O)NCC(=O)NCC(=O)NCC(=O)N12. The highest BCUT2D eigenvalue weighted by molar-refractivity contribution is 5.93. The average Bonchev–Trinajstić information content (AvgIpc) is 3.17. The fraction of sp³-hybridized carbons (Fsp3) is 0.783. The van der Waals surface area contributed by atoms with Gasteiger partial charge in [0.15, 0.2) is 0 Å². The van der Waals surface area contributed by atoms with Crippen LogP contribution in [0.5, 0.6) is 0 Å². The first-order valence-corrected chi connectivity index (χ1v) is 12.1. The van der Waals surface area contributed by atoms with Gasteiger partial charge in [-0.25, -0.2) is 0 Å². The monoisotopic (exact) mass is 478 g/mol. The summed E-state index contributed by atoms with van der Waals surface area (Å²) in [6, 6.07) is -1.84. The molecule has 0 aliphatic carbocycles. The van der Waals surface area contributed by atoms with Crippen LogP contribution in [0.1, 0.15) is 53.9 Å². The zero-order valence-electron chi connectivity index (χ0n) is 20.8. The van der Waals surface area contributed by atoms with Gasteiger partial charge in [0.1, 0.15) is 6.04 Å². The topological polar surface area (TPSA) is 140 Å². The van der Waals surface area contributed by atoms with Crippen molar-refractivity contribution >= 4 is 29.5 Å². The van der Waals surface area contributed by atoms with Crippen LogP contribution in [0.3, 0.4) is 0 Å². The van der Waals surface area contributed by atoms with Gasteiger partial charge in [0.2, 0.25) is 29.5 Å². The molecule has 3 aliphatic rings. The highest BCUT2D eigenvalue weighted by atomic mass is 16.2. The zero-order chi connectivity index (χ0) is 25.2. The average molecular weight is 479 g/mol. The lowest BCUT2D eigenvalue weighted by Crippen LogP contribution is -2.59. The van der Waals surface area contributed by atoms with Gasteiger partial charge in [-0.3, -0.25) is 28.9 Å². The molecular formula is C23H38N6O5. The van der Waals surface area contributed by atoms with Crippen LogP contribution in [0.15, 0.2) is 0 Å². The minimum absolute atomic E-state index is 0.156. The fourth-order valence-corrected chi connectivity index (χ4v) is 4.95. The smallest absolute Gasteiger partial charge is 0.242 e. The van der Waals surface area contributed by atoms with Crippen LogP contribution in [0, 0.1) is 5.92 Å². The van der Waals surface area contributed by atoms with Gasteiger partial charge in [0.05, 0.1) is 37.8 Å². The molecule has 0 spiro atoms. The third kappa shape index (κ3) is 6.25. The Morgan fingerprint density at radius 1 is 1.03 bits per heavy atom. The second-order valence-corrected chi connectivity index (χ2v) is 10.8. The summed E-state index contributed by atoms with van der Waals surface area (Å²) in [7, 11) is 0. The second kappa shape index (κ2) is 10.3. The van der Waals surface area contributed by atoms with Gasteiger partial charge in [0.25, 0.3) is 0 Å². The molecule has 4 N–H and O–H groups in total. The maximum atomic E-state index is 13.6. The van der Waals surface area contributed by atoms with E-state index in [1.54, 1.807) is 4.90 Å². The van der Waals surface area contributed by atoms with E-state index >= 15 is 0 Å². The summed E-state index contributed by atoms with van der Waals surface area (Å²) in [6.45, 7) is 9.57. The summed E-state index contributed by atoms with van der Waals surface area (Å²) in [5, 5.41) is 10.7. The van der Waals surface area contributed by atoms with E-state index in [-0.39, 0.29) is 43.4 Å². The second-order valence-electron chi connectivity index (χ2n) is 10.8. The van der Waals surface area contributed by atoms with E-state index < -0.39 is 35.5 Å². The van der Waals surface area contributed by atoms with Gasteiger partial charge in [-0.2, -0.15) is 0 Å². The summed E-state index contributed by atoms with van der Waals surface area (Å²) in [5.74, 6) is -1.54. The Bertz CT molecular complexity index is 838. The Morgan fingerprint density at radius 2 is 1.65 bits per heavy atom. The van der Waals surface area contributed by atoms with Crippen LogP contribution in [0.2, 0.25) is 0 Å². The molecule has 3 aliphatic heterocycles. The van der Waals surface area contributed by atoms with Crippen molar-refractivity contribution in [2.75, 3.05) is 26.2 Å². The van der Waals surface area contributed by atoms with Gasteiger partial charge in [0, 0.05) is 5.54 Å². The van der Waals surface area contributed by atoms with E-state index in [4.69, 9.17) is 0 Å². The number of carbonyl (C=O) groups excluding carboxylic acids is 5. The molecule has 190 valence electrons. The minimum Gasteiger partial charge on any atom is -0.350 e. The first-order valence-electron chi connectivity index (χ1n) is 12.1. The molecule has 3 fully saturated rings. The van der Waals surface area contributed by atoms with Crippen LogP contribution in [-0.4, -0.2) is 95.2 Å². The molecule has 34 heavy (non-hydrogen) atoms. The summed E-state index contributed by atoms with van der Waals surface area (Å²) < 4.78 is 0. The van der Waals surface area contributed by atoms with Crippen LogP contribution >= 0.6 is 0 Å². The maximum Gasteiger partial charge on any atom is 0.242 e. The largest absolute Gasteiger partial charge is 0.350 e. The van der Waals surface area contributed by atoms with Gasteiger partial charge >= 0.3 is 0 Å². The maximum absolute atomic E-state index is 13.6. The number of hydrogen-bond donors (Lipinski definition) is 4. The molecule has 0 saturated carbocycles. The lowest BCUT2D eigenvalue weighted by Gasteiger charge is -2.34. The van der Waals surface area contributed by atoms with Crippen molar-refractivity contribution in [3.8, 4) is 0 Å². The predicted molar refractivity (Wildman–Crippen MR) is 124 cm³/mol. The van der Waals surface area contributed by atoms with Gasteiger partial charge < -0.3 is 26.2 Å². The normalized spacial score (nSPS) is 29.3. The van der Waals surface area contributed by atoms with Crippen LogP contribution in [0.4, 0.5) is 0 Å². The summed E-state index contributed by atoms with van der Waals surface area (Å²) >= 11 is 0. The van der Waals surface area contributed by atoms with Crippen LogP contribution in [0.25, 0.3) is 0 Å². The molecule has 11 heteroatoms. The van der Waals surface area contributed by atoms with E-state index in [0.717, 1.165) is 6.42 Å². The van der Waals surface area contributed by atoms with Crippen molar-refractivity contribution in [1.29, 1.82) is 0 Å². The van der Waals surface area contributed by atoms with E-state index in [1.807, 2.05) is 25.7 Å². The van der Waals surface area contributed by atoms with Gasteiger partial charge in [-0.05, 0) is 52.5 Å². The lowest BCUT2D eigenvalue weighted by molar-refractivity contribution is -0.134. The third-order valence-corrected chi connectivity index (χ3v) is 6.33. The van der Waals surface area contributed by atoms with E-state index in [1.165, 1.54) is 0 Å². The highest BCUT2D eigenvalue weighted by Crippen LogP contribution is 2.40. The number of nitrogens with zero attached hydrogens (tertiary/aromatic N) is 2. The molecule has 3 rings (SSSR count). The molecule has 0 aromatic carbocycles. The van der Waals surface area contributed by atoms with Crippen molar-refractivity contribution in [3.63, 3.8) is 0 Å². The molecule has 4 atom stereocenters. The first kappa shape index (κ1) is 25.9. The molecule has 4 unspecified atom stereocenters. The number of nitrogens with one attached hydrogen (secondary N) is 4. The summed E-state index contributed by atoms with van der Waals surface area (Å²) in [5.41, 5.74) is -0.491.